The molecule has 38 heavy (non-hydrogen) atoms. The molecule has 1 N–H and O–H groups in total. The maximum Gasteiger partial charge on any atom is 0.416 e. The van der Waals surface area contributed by atoms with Gasteiger partial charge in [-0.25, -0.2) is 14.2 Å². The van der Waals surface area contributed by atoms with Gasteiger partial charge in [0.15, 0.2) is 18.2 Å². The predicted octanol–water partition coefficient (Wildman–Crippen LogP) is 6.99. The number of hydrogen-bond acceptors (Lipinski definition) is 6. The van der Waals surface area contributed by atoms with Crippen LogP contribution < -0.4 is 14.2 Å². The fourth-order valence-electron chi connectivity index (χ4n) is 3.60. The maximum absolute atomic E-state index is 14.5. The van der Waals surface area contributed by atoms with Crippen LogP contribution in [-0.4, -0.2) is 29.8 Å². The number of nitrogens with zero attached hydrogens (tertiary/aromatic N) is 1. The van der Waals surface area contributed by atoms with Crippen molar-refractivity contribution in [1.29, 1.82) is 0 Å². The van der Waals surface area contributed by atoms with Crippen molar-refractivity contribution in [3.63, 3.8) is 0 Å². The highest BCUT2D eigenvalue weighted by Gasteiger charge is 2.30. The molecule has 11 heteroatoms. The number of aromatic nitrogens is 1. The van der Waals surface area contributed by atoms with Gasteiger partial charge in [0, 0.05) is 5.56 Å². The molecule has 6 nitrogen and oxygen atoms in total. The Labute approximate surface area is 219 Å². The number of methoxy groups -OCH3 is 1. The fourth-order valence-corrected chi connectivity index (χ4v) is 4.60. The van der Waals surface area contributed by atoms with Crippen LogP contribution >= 0.6 is 11.3 Å². The van der Waals surface area contributed by atoms with Gasteiger partial charge in [0.05, 0.1) is 23.2 Å². The van der Waals surface area contributed by atoms with Crippen LogP contribution in [0, 0.1) is 12.7 Å². The average molecular weight is 548 g/mol. The first-order valence-electron chi connectivity index (χ1n) is 11.1. The molecule has 4 rings (SSSR count). The summed E-state index contributed by atoms with van der Waals surface area (Å²) in [5.41, 5.74) is 1.20. The Bertz CT molecular complexity index is 1450. The monoisotopic (exact) mass is 547 g/mol. The molecule has 0 unspecified atom stereocenters. The van der Waals surface area contributed by atoms with Crippen LogP contribution in [0.3, 0.4) is 0 Å². The van der Waals surface area contributed by atoms with E-state index in [9.17, 15) is 22.4 Å². The highest BCUT2D eigenvalue weighted by molar-refractivity contribution is 7.15. The van der Waals surface area contributed by atoms with Crippen LogP contribution in [0.15, 0.2) is 60.7 Å². The Balaban J connectivity index is 1.63. The molecule has 0 bridgehead atoms. The van der Waals surface area contributed by atoms with Crippen molar-refractivity contribution in [3.05, 3.63) is 82.6 Å². The number of thiazole rings is 1. The molecule has 0 aliphatic heterocycles. The van der Waals surface area contributed by atoms with Gasteiger partial charge in [-0.1, -0.05) is 12.1 Å². The SMILES string of the molecule is COc1ccc(-c2nc(COc3ccc(OCC(=O)O)c(C)c3)sc2-c2ccc(C(F)(F)F)cc2)cc1F. The number of carboxylic acid groups (broad SMARTS) is 1. The number of hydrogen-bond donors (Lipinski definition) is 1. The molecule has 3 aromatic carbocycles. The number of aliphatic carboxylic acids is 1. The summed E-state index contributed by atoms with van der Waals surface area (Å²) in [6, 6.07) is 13.9. The lowest BCUT2D eigenvalue weighted by molar-refractivity contribution is -0.139. The van der Waals surface area contributed by atoms with Gasteiger partial charge in [-0.2, -0.15) is 13.2 Å². The quantitative estimate of drug-likeness (QED) is 0.228. The summed E-state index contributed by atoms with van der Waals surface area (Å²) >= 11 is 1.21. The first kappa shape index (κ1) is 26.9. The van der Waals surface area contributed by atoms with E-state index in [4.69, 9.17) is 19.3 Å². The summed E-state index contributed by atoms with van der Waals surface area (Å²) in [6.45, 7) is 1.31. The van der Waals surface area contributed by atoms with E-state index in [2.05, 4.69) is 4.98 Å². The van der Waals surface area contributed by atoms with Crippen molar-refractivity contribution in [2.24, 2.45) is 0 Å². The molecule has 0 aliphatic rings. The molecule has 0 saturated heterocycles. The zero-order chi connectivity index (χ0) is 27.4. The molecule has 0 spiro atoms. The van der Waals surface area contributed by atoms with Gasteiger partial charge in [0.2, 0.25) is 0 Å². The predicted molar refractivity (Wildman–Crippen MR) is 133 cm³/mol. The summed E-state index contributed by atoms with van der Waals surface area (Å²) in [5, 5.41) is 9.29. The second-order valence-corrected chi connectivity index (χ2v) is 9.19. The van der Waals surface area contributed by atoms with Crippen LogP contribution in [0.4, 0.5) is 17.6 Å². The minimum atomic E-state index is -4.47. The van der Waals surface area contributed by atoms with E-state index in [1.54, 1.807) is 31.2 Å². The number of alkyl halides is 3. The Morgan fingerprint density at radius 1 is 0.974 bits per heavy atom. The summed E-state index contributed by atoms with van der Waals surface area (Å²) in [5.74, 6) is -0.759. The molecule has 198 valence electrons. The van der Waals surface area contributed by atoms with Gasteiger partial charge in [-0.15, -0.1) is 11.3 Å². The normalized spacial score (nSPS) is 11.3. The molecular formula is C27H21F4NO5S. The number of carbonyl (C=O) groups is 1. The number of carboxylic acids is 1. The van der Waals surface area contributed by atoms with E-state index in [-0.39, 0.29) is 12.4 Å². The molecule has 1 aromatic heterocycles. The third kappa shape index (κ3) is 6.23. The van der Waals surface area contributed by atoms with Gasteiger partial charge in [0.1, 0.15) is 23.1 Å². The Hall–Kier alpha value is -4.12. The van der Waals surface area contributed by atoms with Gasteiger partial charge in [-0.05, 0) is 66.6 Å². The molecule has 0 fully saturated rings. The minimum Gasteiger partial charge on any atom is -0.494 e. The lowest BCUT2D eigenvalue weighted by Crippen LogP contribution is -2.10. The molecule has 0 radical (unpaired) electrons. The second-order valence-electron chi connectivity index (χ2n) is 8.11. The number of benzene rings is 3. The molecular weight excluding hydrogens is 526 g/mol. The summed E-state index contributed by atoms with van der Waals surface area (Å²) in [4.78, 5) is 15.9. The fraction of sp³-hybridized carbons (Fsp3) is 0.185. The molecule has 4 aromatic rings. The molecule has 0 amide bonds. The van der Waals surface area contributed by atoms with Crippen molar-refractivity contribution in [2.45, 2.75) is 19.7 Å². The summed E-state index contributed by atoms with van der Waals surface area (Å²) in [6.07, 6.45) is -4.47. The Morgan fingerprint density at radius 2 is 1.66 bits per heavy atom. The third-order valence-corrected chi connectivity index (χ3v) is 6.51. The van der Waals surface area contributed by atoms with Crippen molar-refractivity contribution in [3.8, 4) is 38.9 Å². The van der Waals surface area contributed by atoms with Gasteiger partial charge in [-0.3, -0.25) is 0 Å². The van der Waals surface area contributed by atoms with Gasteiger partial charge < -0.3 is 19.3 Å². The topological polar surface area (TPSA) is 77.9 Å². The van der Waals surface area contributed by atoms with E-state index < -0.39 is 30.1 Å². The first-order chi connectivity index (χ1) is 18.0. The highest BCUT2D eigenvalue weighted by Crippen LogP contribution is 2.40. The molecule has 1 heterocycles. The largest absolute Gasteiger partial charge is 0.494 e. The van der Waals surface area contributed by atoms with Crippen molar-refractivity contribution < 1.29 is 41.7 Å². The van der Waals surface area contributed by atoms with Crippen LogP contribution in [-0.2, 0) is 17.6 Å². The van der Waals surface area contributed by atoms with Crippen molar-refractivity contribution in [1.82, 2.24) is 4.98 Å². The second kappa shape index (κ2) is 11.1. The smallest absolute Gasteiger partial charge is 0.416 e. The van der Waals surface area contributed by atoms with E-state index in [0.717, 1.165) is 12.1 Å². The molecule has 0 saturated carbocycles. The first-order valence-corrected chi connectivity index (χ1v) is 12.0. The van der Waals surface area contributed by atoms with E-state index >= 15 is 0 Å². The number of aryl methyl sites for hydroxylation is 1. The van der Waals surface area contributed by atoms with Crippen LogP contribution in [0.25, 0.3) is 21.7 Å². The van der Waals surface area contributed by atoms with Gasteiger partial charge in [0.25, 0.3) is 0 Å². The molecule has 0 aliphatic carbocycles. The van der Waals surface area contributed by atoms with Crippen LogP contribution in [0.1, 0.15) is 16.1 Å². The number of rotatable bonds is 9. The summed E-state index contributed by atoms with van der Waals surface area (Å²) < 4.78 is 69.7. The van der Waals surface area contributed by atoms with Crippen molar-refractivity contribution >= 4 is 17.3 Å². The van der Waals surface area contributed by atoms with E-state index in [1.165, 1.54) is 42.7 Å². The van der Waals surface area contributed by atoms with Crippen LogP contribution in [0.2, 0.25) is 0 Å². The molecule has 0 atom stereocenters. The third-order valence-electron chi connectivity index (χ3n) is 5.43. The average Bonchev–Trinajstić information content (AvgIpc) is 3.30. The van der Waals surface area contributed by atoms with Crippen molar-refractivity contribution in [2.75, 3.05) is 13.7 Å². The Kier molecular flexibility index (Phi) is 7.86. The minimum absolute atomic E-state index is 0.0334. The Morgan fingerprint density at radius 3 is 2.26 bits per heavy atom. The number of halogens is 4. The lowest BCUT2D eigenvalue weighted by atomic mass is 10.0. The van der Waals surface area contributed by atoms with E-state index in [1.807, 2.05) is 0 Å². The van der Waals surface area contributed by atoms with E-state index in [0.29, 0.717) is 43.8 Å². The summed E-state index contributed by atoms with van der Waals surface area (Å²) in [7, 11) is 1.34. The number of ether oxygens (including phenoxy) is 3. The zero-order valence-electron chi connectivity index (χ0n) is 20.1. The van der Waals surface area contributed by atoms with Gasteiger partial charge >= 0.3 is 12.1 Å². The zero-order valence-corrected chi connectivity index (χ0v) is 21.0. The lowest BCUT2D eigenvalue weighted by Gasteiger charge is -2.09. The standard InChI is InChI=1S/C27H21F4NO5S/c1-15-11-19(8-10-21(15)37-14-24(33)34)36-13-23-32-25(17-5-9-22(35-2)20(28)12-17)26(38-23)16-3-6-18(7-4-16)27(29,30)31/h3-12H,13-14H2,1-2H3,(H,33,34). The highest BCUT2D eigenvalue weighted by atomic mass is 32.1. The van der Waals surface area contributed by atoms with Crippen LogP contribution in [0.5, 0.6) is 17.2 Å². The maximum atomic E-state index is 14.5.